The zero-order valence-electron chi connectivity index (χ0n) is 8.30. The summed E-state index contributed by atoms with van der Waals surface area (Å²) in [5.41, 5.74) is 1.11. The van der Waals surface area contributed by atoms with E-state index in [9.17, 15) is 4.79 Å². The molecule has 0 amide bonds. The summed E-state index contributed by atoms with van der Waals surface area (Å²) in [5.74, 6) is -0.322. The number of hydrogen-bond donors (Lipinski definition) is 2. The number of thiazole rings is 1. The minimum atomic E-state index is -0.918. The van der Waals surface area contributed by atoms with E-state index >= 15 is 0 Å². The van der Waals surface area contributed by atoms with Crippen molar-refractivity contribution in [2.24, 2.45) is 0 Å². The number of nitrogens with zero attached hydrogens (tertiary/aromatic N) is 1. The monoisotopic (exact) mass is 251 g/mol. The van der Waals surface area contributed by atoms with Crippen molar-refractivity contribution >= 4 is 40.2 Å². The Morgan fingerprint density at radius 3 is 2.88 bits per heavy atom. The van der Waals surface area contributed by atoms with E-state index < -0.39 is 5.97 Å². The highest BCUT2D eigenvalue weighted by Crippen LogP contribution is 2.44. The molecule has 1 fully saturated rings. The summed E-state index contributed by atoms with van der Waals surface area (Å²) in [7, 11) is 0. The van der Waals surface area contributed by atoms with Gasteiger partial charge in [0.25, 0.3) is 0 Å². The van der Waals surface area contributed by atoms with Crippen LogP contribution in [-0.2, 0) is 0 Å². The summed E-state index contributed by atoms with van der Waals surface area (Å²) in [6.45, 7) is 0. The Morgan fingerprint density at radius 2 is 2.25 bits per heavy atom. The largest absolute Gasteiger partial charge is 0.478 e. The second-order valence-electron chi connectivity index (χ2n) is 3.97. The van der Waals surface area contributed by atoms with Crippen molar-refractivity contribution in [2.75, 3.05) is 0 Å². The van der Waals surface area contributed by atoms with Gasteiger partial charge >= 0.3 is 5.97 Å². The molecule has 2 aromatic rings. The summed E-state index contributed by atoms with van der Waals surface area (Å²) < 4.78 is 0.923. The fourth-order valence-electron chi connectivity index (χ4n) is 1.66. The van der Waals surface area contributed by atoms with Gasteiger partial charge in [-0.3, -0.25) is 0 Å². The number of aromatic nitrogens is 1. The van der Waals surface area contributed by atoms with E-state index in [2.05, 4.69) is 17.6 Å². The molecule has 0 radical (unpaired) electrons. The Bertz CT molecular complexity index is 587. The molecule has 5 heteroatoms. The Balaban J connectivity index is 2.21. The highest BCUT2D eigenvalue weighted by Gasteiger charge is 2.27. The summed E-state index contributed by atoms with van der Waals surface area (Å²) in [6, 6.07) is 3.24. The fraction of sp³-hybridized carbons (Fsp3) is 0.273. The second-order valence-corrected chi connectivity index (χ2v) is 5.52. The minimum absolute atomic E-state index is 0.281. The number of carboxylic acid groups (broad SMARTS) is 1. The molecule has 3 nitrogen and oxygen atoms in total. The number of fused-ring (bicyclic) bond motifs is 1. The van der Waals surface area contributed by atoms with Crippen LogP contribution in [0.25, 0.3) is 10.2 Å². The first-order chi connectivity index (χ1) is 7.65. The van der Waals surface area contributed by atoms with E-state index in [0.717, 1.165) is 15.2 Å². The molecule has 1 aromatic carbocycles. The van der Waals surface area contributed by atoms with Crippen LogP contribution in [0.5, 0.6) is 0 Å². The molecule has 1 heterocycles. The zero-order valence-corrected chi connectivity index (χ0v) is 10.0. The Morgan fingerprint density at radius 1 is 1.50 bits per heavy atom. The molecule has 3 rings (SSSR count). The second kappa shape index (κ2) is 3.46. The van der Waals surface area contributed by atoms with Crippen LogP contribution < -0.4 is 0 Å². The number of aromatic carboxylic acids is 1. The maximum atomic E-state index is 10.9. The first kappa shape index (κ1) is 10.1. The quantitative estimate of drug-likeness (QED) is 0.806. The molecule has 0 spiro atoms. The van der Waals surface area contributed by atoms with Crippen LogP contribution >= 0.6 is 24.0 Å². The van der Waals surface area contributed by atoms with Gasteiger partial charge in [-0.25, -0.2) is 9.78 Å². The molecule has 0 saturated heterocycles. The van der Waals surface area contributed by atoms with E-state index in [1.807, 2.05) is 0 Å². The van der Waals surface area contributed by atoms with Gasteiger partial charge in [-0.15, -0.1) is 24.0 Å². The van der Waals surface area contributed by atoms with Gasteiger partial charge in [0.2, 0.25) is 0 Å². The predicted molar refractivity (Wildman–Crippen MR) is 65.8 cm³/mol. The normalized spacial score (nSPS) is 15.6. The van der Waals surface area contributed by atoms with Crippen molar-refractivity contribution < 1.29 is 9.90 Å². The molecule has 1 saturated carbocycles. The third-order valence-corrected chi connectivity index (χ3v) is 4.17. The lowest BCUT2D eigenvalue weighted by Crippen LogP contribution is -1.95. The summed E-state index contributed by atoms with van der Waals surface area (Å²) in [4.78, 5) is 16.1. The Hall–Kier alpha value is -1.07. The van der Waals surface area contributed by atoms with Crippen molar-refractivity contribution in [3.63, 3.8) is 0 Å². The van der Waals surface area contributed by atoms with Crippen LogP contribution in [0.3, 0.4) is 0 Å². The van der Waals surface area contributed by atoms with Gasteiger partial charge in [0.05, 0.1) is 20.8 Å². The highest BCUT2D eigenvalue weighted by molar-refractivity contribution is 7.80. The van der Waals surface area contributed by atoms with Crippen LogP contribution in [0.2, 0.25) is 0 Å². The lowest BCUT2D eigenvalue weighted by Gasteiger charge is -1.96. The average Bonchev–Trinajstić information content (AvgIpc) is 2.98. The van der Waals surface area contributed by atoms with Gasteiger partial charge in [-0.1, -0.05) is 0 Å². The van der Waals surface area contributed by atoms with Crippen molar-refractivity contribution in [3.8, 4) is 0 Å². The summed E-state index contributed by atoms with van der Waals surface area (Å²) in [5, 5.41) is 10.1. The maximum absolute atomic E-state index is 10.9. The molecule has 82 valence electrons. The molecule has 0 aliphatic heterocycles. The van der Waals surface area contributed by atoms with Crippen molar-refractivity contribution in [3.05, 3.63) is 22.7 Å². The molecule has 16 heavy (non-hydrogen) atoms. The van der Waals surface area contributed by atoms with E-state index in [1.54, 1.807) is 23.5 Å². The van der Waals surface area contributed by atoms with Crippen LogP contribution in [0.1, 0.15) is 34.1 Å². The van der Waals surface area contributed by atoms with Gasteiger partial charge in [-0.05, 0) is 25.0 Å². The van der Waals surface area contributed by atoms with Gasteiger partial charge in [0, 0.05) is 10.8 Å². The summed E-state index contributed by atoms with van der Waals surface area (Å²) in [6.07, 6.45) is 2.40. The van der Waals surface area contributed by atoms with E-state index in [4.69, 9.17) is 5.11 Å². The van der Waals surface area contributed by atoms with Crippen molar-refractivity contribution in [1.29, 1.82) is 0 Å². The smallest absolute Gasteiger partial charge is 0.335 e. The minimum Gasteiger partial charge on any atom is -0.478 e. The molecule has 1 aliphatic rings. The van der Waals surface area contributed by atoms with E-state index in [0.29, 0.717) is 10.8 Å². The number of rotatable bonds is 2. The van der Waals surface area contributed by atoms with Gasteiger partial charge < -0.3 is 5.11 Å². The van der Waals surface area contributed by atoms with Crippen LogP contribution in [0, 0.1) is 0 Å². The molecular formula is C11H9NO2S2. The lowest BCUT2D eigenvalue weighted by molar-refractivity contribution is 0.0697. The van der Waals surface area contributed by atoms with Gasteiger partial charge in [0.15, 0.2) is 0 Å². The highest BCUT2D eigenvalue weighted by atomic mass is 32.1. The van der Waals surface area contributed by atoms with Crippen LogP contribution in [0.15, 0.2) is 17.0 Å². The van der Waals surface area contributed by atoms with Gasteiger partial charge in [-0.2, -0.15) is 0 Å². The van der Waals surface area contributed by atoms with Crippen LogP contribution in [0.4, 0.5) is 0 Å². The maximum Gasteiger partial charge on any atom is 0.335 e. The molecular weight excluding hydrogens is 242 g/mol. The predicted octanol–water partition coefficient (Wildman–Crippen LogP) is 3.16. The molecule has 1 N–H and O–H groups in total. The molecule has 0 bridgehead atoms. The van der Waals surface area contributed by atoms with Gasteiger partial charge in [0.1, 0.15) is 0 Å². The standard InChI is InChI=1S/C11H9NO2S2/c13-11(14)6-3-7(15)9-8(4-6)16-10(12-9)5-1-2-5/h3-5,15H,1-2H2,(H,13,14). The molecule has 0 unspecified atom stereocenters. The number of hydrogen-bond acceptors (Lipinski definition) is 4. The van der Waals surface area contributed by atoms with Crippen LogP contribution in [-0.4, -0.2) is 16.1 Å². The third kappa shape index (κ3) is 1.60. The topological polar surface area (TPSA) is 50.2 Å². The Labute approximate surface area is 102 Å². The van der Waals surface area contributed by atoms with E-state index in [-0.39, 0.29) is 5.56 Å². The first-order valence-electron chi connectivity index (χ1n) is 5.02. The SMILES string of the molecule is O=C(O)c1cc(S)c2nc(C3CC3)sc2c1. The van der Waals surface area contributed by atoms with Crippen molar-refractivity contribution in [1.82, 2.24) is 4.98 Å². The molecule has 1 aromatic heterocycles. The first-order valence-corrected chi connectivity index (χ1v) is 6.28. The number of thiol groups is 1. The number of carboxylic acids is 1. The number of benzene rings is 1. The fourth-order valence-corrected chi connectivity index (χ4v) is 3.25. The molecule has 1 aliphatic carbocycles. The number of carbonyl (C=O) groups is 1. The lowest BCUT2D eigenvalue weighted by atomic mass is 10.2. The third-order valence-electron chi connectivity index (χ3n) is 2.66. The summed E-state index contributed by atoms with van der Waals surface area (Å²) >= 11 is 5.89. The Kier molecular flexibility index (Phi) is 2.19. The molecule has 0 atom stereocenters. The zero-order chi connectivity index (χ0) is 11.3. The van der Waals surface area contributed by atoms with Crippen molar-refractivity contribution in [2.45, 2.75) is 23.7 Å². The van der Waals surface area contributed by atoms with E-state index in [1.165, 1.54) is 12.8 Å². The average molecular weight is 251 g/mol.